The molecule has 1 aliphatic heterocycles. The second-order valence-corrected chi connectivity index (χ2v) is 6.92. The van der Waals surface area contributed by atoms with Crippen molar-refractivity contribution in [2.75, 3.05) is 13.1 Å². The van der Waals surface area contributed by atoms with Crippen LogP contribution in [0.4, 0.5) is 0 Å². The van der Waals surface area contributed by atoms with Crippen LogP contribution in [0.25, 0.3) is 11.2 Å². The first-order valence-electron chi connectivity index (χ1n) is 9.05. The third kappa shape index (κ3) is 3.53. The van der Waals surface area contributed by atoms with Crippen molar-refractivity contribution in [1.29, 1.82) is 0 Å². The molecule has 0 radical (unpaired) electrons. The summed E-state index contributed by atoms with van der Waals surface area (Å²) in [4.78, 5) is 34.8. The molecule has 1 unspecified atom stereocenters. The maximum atomic E-state index is 12.8. The fourth-order valence-electron chi connectivity index (χ4n) is 3.54. The predicted octanol–water partition coefficient (Wildman–Crippen LogP) is 1.82. The zero-order valence-electron chi connectivity index (χ0n) is 14.9. The number of piperidine rings is 1. The van der Waals surface area contributed by atoms with E-state index in [-0.39, 0.29) is 17.7 Å². The smallest absolute Gasteiger partial charge is 0.255 e. The summed E-state index contributed by atoms with van der Waals surface area (Å²) in [6.07, 6.45) is 4.84. The Bertz CT molecular complexity index is 982. The highest BCUT2D eigenvalue weighted by Crippen LogP contribution is 2.20. The number of likely N-dealkylation sites (tertiary alicyclic amines) is 1. The summed E-state index contributed by atoms with van der Waals surface area (Å²) in [5.41, 5.74) is 8.47. The number of hydrogen-bond donors (Lipinski definition) is 1. The third-order valence-electron chi connectivity index (χ3n) is 5.01. The van der Waals surface area contributed by atoms with Crippen molar-refractivity contribution < 1.29 is 9.59 Å². The molecule has 3 aromatic rings. The largest absolute Gasteiger partial charge is 0.369 e. The van der Waals surface area contributed by atoms with Crippen LogP contribution in [0.15, 0.2) is 48.9 Å². The third-order valence-corrected chi connectivity index (χ3v) is 5.01. The minimum Gasteiger partial charge on any atom is -0.369 e. The predicted molar refractivity (Wildman–Crippen MR) is 101 cm³/mol. The van der Waals surface area contributed by atoms with Gasteiger partial charge in [0.2, 0.25) is 5.91 Å². The van der Waals surface area contributed by atoms with Crippen molar-refractivity contribution in [3.63, 3.8) is 0 Å². The number of nitrogens with two attached hydrogens (primary N) is 1. The van der Waals surface area contributed by atoms with Gasteiger partial charge in [0.05, 0.1) is 24.4 Å². The number of rotatable bonds is 4. The molecule has 1 saturated heterocycles. The lowest BCUT2D eigenvalue weighted by atomic mass is 9.97. The Kier molecular flexibility index (Phi) is 4.58. The molecule has 2 aromatic heterocycles. The number of nitrogens with zero attached hydrogens (tertiary/aromatic N) is 4. The van der Waals surface area contributed by atoms with Crippen LogP contribution in [0.2, 0.25) is 0 Å². The SMILES string of the molecule is NC(=O)C1CCCN(C(=O)c2cnc3c(c2)ncn3Cc2ccccc2)C1. The standard InChI is InChI=1S/C20H21N5O2/c21-18(26)15-7-4-8-24(12-15)20(27)16-9-17-19(22-10-16)25(13-23-17)11-14-5-2-1-3-6-14/h1-3,5-6,9-10,13,15H,4,7-8,11-12H2,(H2,21,26). The number of benzene rings is 1. The summed E-state index contributed by atoms with van der Waals surface area (Å²) in [5, 5.41) is 0. The van der Waals surface area contributed by atoms with E-state index in [1.807, 2.05) is 22.8 Å². The summed E-state index contributed by atoms with van der Waals surface area (Å²) < 4.78 is 1.96. The van der Waals surface area contributed by atoms with Crippen LogP contribution in [0, 0.1) is 5.92 Å². The average Bonchev–Trinajstić information content (AvgIpc) is 3.10. The number of carbonyl (C=O) groups is 2. The van der Waals surface area contributed by atoms with Gasteiger partial charge in [0.1, 0.15) is 5.52 Å². The molecule has 3 heterocycles. The van der Waals surface area contributed by atoms with Gasteiger partial charge in [0, 0.05) is 19.3 Å². The molecule has 1 atom stereocenters. The summed E-state index contributed by atoms with van der Waals surface area (Å²) >= 11 is 0. The monoisotopic (exact) mass is 363 g/mol. The summed E-state index contributed by atoms with van der Waals surface area (Å²) in [6.45, 7) is 1.67. The fourth-order valence-corrected chi connectivity index (χ4v) is 3.54. The molecular weight excluding hydrogens is 342 g/mol. The van der Waals surface area contributed by atoms with Crippen LogP contribution < -0.4 is 5.73 Å². The highest BCUT2D eigenvalue weighted by Gasteiger charge is 2.28. The molecule has 138 valence electrons. The van der Waals surface area contributed by atoms with Gasteiger partial charge in [-0.25, -0.2) is 9.97 Å². The molecule has 2 amide bonds. The van der Waals surface area contributed by atoms with Crippen molar-refractivity contribution in [1.82, 2.24) is 19.4 Å². The summed E-state index contributed by atoms with van der Waals surface area (Å²) in [5.74, 6) is -0.752. The lowest BCUT2D eigenvalue weighted by molar-refractivity contribution is -0.123. The van der Waals surface area contributed by atoms with Gasteiger partial charge in [0.25, 0.3) is 5.91 Å². The van der Waals surface area contributed by atoms with Gasteiger partial charge < -0.3 is 15.2 Å². The van der Waals surface area contributed by atoms with Crippen LogP contribution in [0.1, 0.15) is 28.8 Å². The van der Waals surface area contributed by atoms with Crippen LogP contribution in [-0.4, -0.2) is 44.3 Å². The zero-order chi connectivity index (χ0) is 18.8. The van der Waals surface area contributed by atoms with Crippen molar-refractivity contribution in [3.05, 3.63) is 60.0 Å². The van der Waals surface area contributed by atoms with Crippen LogP contribution in [0.5, 0.6) is 0 Å². The summed E-state index contributed by atoms with van der Waals surface area (Å²) in [6, 6.07) is 11.8. The van der Waals surface area contributed by atoms with Crippen LogP contribution >= 0.6 is 0 Å². The number of carbonyl (C=O) groups excluding carboxylic acids is 2. The Morgan fingerprint density at radius 3 is 2.78 bits per heavy atom. The topological polar surface area (TPSA) is 94.1 Å². The fraction of sp³-hybridized carbons (Fsp3) is 0.300. The molecule has 1 aliphatic rings. The van der Waals surface area contributed by atoms with Crippen molar-refractivity contribution >= 4 is 23.0 Å². The Morgan fingerprint density at radius 1 is 1.19 bits per heavy atom. The molecule has 0 spiro atoms. The van der Waals surface area contributed by atoms with E-state index in [1.54, 1.807) is 23.5 Å². The average molecular weight is 363 g/mol. The van der Waals surface area contributed by atoms with E-state index in [9.17, 15) is 9.59 Å². The molecule has 27 heavy (non-hydrogen) atoms. The number of primary amides is 1. The van der Waals surface area contributed by atoms with E-state index in [2.05, 4.69) is 22.1 Å². The van der Waals surface area contributed by atoms with E-state index < -0.39 is 0 Å². The quantitative estimate of drug-likeness (QED) is 0.765. The maximum absolute atomic E-state index is 12.8. The van der Waals surface area contributed by atoms with Crippen molar-refractivity contribution in [2.45, 2.75) is 19.4 Å². The van der Waals surface area contributed by atoms with Gasteiger partial charge in [0.15, 0.2) is 5.65 Å². The molecule has 0 aliphatic carbocycles. The van der Waals surface area contributed by atoms with Crippen LogP contribution in [-0.2, 0) is 11.3 Å². The number of aromatic nitrogens is 3. The zero-order valence-corrected chi connectivity index (χ0v) is 14.9. The molecule has 0 bridgehead atoms. The number of pyridine rings is 1. The Balaban J connectivity index is 1.55. The first kappa shape index (κ1) is 17.2. The normalized spacial score (nSPS) is 17.2. The molecule has 7 nitrogen and oxygen atoms in total. The first-order chi connectivity index (χ1) is 13.1. The van der Waals surface area contributed by atoms with Crippen LogP contribution in [0.3, 0.4) is 0 Å². The Labute approximate surface area is 156 Å². The molecular formula is C20H21N5O2. The van der Waals surface area contributed by atoms with E-state index in [0.717, 1.165) is 24.1 Å². The van der Waals surface area contributed by atoms with E-state index in [0.29, 0.717) is 30.7 Å². The van der Waals surface area contributed by atoms with Gasteiger partial charge in [-0.15, -0.1) is 0 Å². The molecule has 0 saturated carbocycles. The second kappa shape index (κ2) is 7.19. The van der Waals surface area contributed by atoms with Gasteiger partial charge in [-0.2, -0.15) is 0 Å². The Morgan fingerprint density at radius 2 is 2.00 bits per heavy atom. The molecule has 1 fully saturated rings. The van der Waals surface area contributed by atoms with E-state index in [4.69, 9.17) is 5.73 Å². The van der Waals surface area contributed by atoms with Gasteiger partial charge >= 0.3 is 0 Å². The first-order valence-corrected chi connectivity index (χ1v) is 9.05. The number of imidazole rings is 1. The van der Waals surface area contributed by atoms with Gasteiger partial charge in [-0.05, 0) is 24.5 Å². The minimum atomic E-state index is -0.347. The van der Waals surface area contributed by atoms with Crippen molar-refractivity contribution in [2.24, 2.45) is 11.7 Å². The molecule has 7 heteroatoms. The van der Waals surface area contributed by atoms with Gasteiger partial charge in [-0.3, -0.25) is 9.59 Å². The highest BCUT2D eigenvalue weighted by atomic mass is 16.2. The molecule has 4 rings (SSSR count). The van der Waals surface area contributed by atoms with E-state index >= 15 is 0 Å². The summed E-state index contributed by atoms with van der Waals surface area (Å²) in [7, 11) is 0. The highest BCUT2D eigenvalue weighted by molar-refractivity contribution is 5.96. The van der Waals surface area contributed by atoms with E-state index in [1.165, 1.54) is 0 Å². The van der Waals surface area contributed by atoms with Gasteiger partial charge in [-0.1, -0.05) is 30.3 Å². The molecule has 1 aromatic carbocycles. The van der Waals surface area contributed by atoms with Crippen molar-refractivity contribution in [3.8, 4) is 0 Å². The number of amides is 2. The second-order valence-electron chi connectivity index (χ2n) is 6.92. The minimum absolute atomic E-state index is 0.132. The number of fused-ring (bicyclic) bond motifs is 1. The Hall–Kier alpha value is -3.22. The lowest BCUT2D eigenvalue weighted by Crippen LogP contribution is -2.44. The lowest BCUT2D eigenvalue weighted by Gasteiger charge is -2.31. The molecule has 2 N–H and O–H groups in total. The maximum Gasteiger partial charge on any atom is 0.255 e. The number of hydrogen-bond acceptors (Lipinski definition) is 4.